The number of amides is 2. The molecule has 1 aromatic carbocycles. The Labute approximate surface area is 158 Å². The van der Waals surface area contributed by atoms with Crippen molar-refractivity contribution < 1.29 is 9.59 Å². The molecule has 0 saturated heterocycles. The van der Waals surface area contributed by atoms with E-state index in [-0.39, 0.29) is 30.2 Å². The molecule has 1 aromatic rings. The fourth-order valence-corrected chi connectivity index (χ4v) is 3.63. The molecule has 1 aliphatic heterocycles. The van der Waals surface area contributed by atoms with Crippen molar-refractivity contribution in [2.45, 2.75) is 45.6 Å². The van der Waals surface area contributed by atoms with E-state index < -0.39 is 0 Å². The van der Waals surface area contributed by atoms with Gasteiger partial charge in [0.15, 0.2) is 5.17 Å². The maximum atomic E-state index is 12.1. The fourth-order valence-electron chi connectivity index (χ4n) is 2.58. The number of amidine groups is 1. The number of hydrogen-bond donors (Lipinski definition) is 1. The molecule has 0 aromatic heterocycles. The van der Waals surface area contributed by atoms with Crippen LogP contribution in [0.4, 0.5) is 5.69 Å². The van der Waals surface area contributed by atoms with E-state index in [1.807, 2.05) is 19.1 Å². The van der Waals surface area contributed by atoms with Crippen molar-refractivity contribution in [1.29, 1.82) is 0 Å². The number of carbonyl (C=O) groups is 2. The third-order valence-corrected chi connectivity index (χ3v) is 5.16. The number of nitrogens with one attached hydrogen (secondary N) is 1. The number of hydrogen-bond acceptors (Lipinski definition) is 4. The first-order valence-electron chi connectivity index (χ1n) is 8.57. The summed E-state index contributed by atoms with van der Waals surface area (Å²) in [6, 6.07) is 7.29. The summed E-state index contributed by atoms with van der Waals surface area (Å²) >= 11 is 7.45. The summed E-state index contributed by atoms with van der Waals surface area (Å²) in [7, 11) is 0. The molecule has 136 valence electrons. The molecule has 5 nitrogen and oxygen atoms in total. The monoisotopic (exact) mass is 381 g/mol. The van der Waals surface area contributed by atoms with Gasteiger partial charge in [-0.15, -0.1) is 0 Å². The van der Waals surface area contributed by atoms with Crippen molar-refractivity contribution in [3.05, 3.63) is 29.3 Å². The Balaban J connectivity index is 1.88. The topological polar surface area (TPSA) is 61.8 Å². The van der Waals surface area contributed by atoms with Gasteiger partial charge in [0.2, 0.25) is 5.91 Å². The van der Waals surface area contributed by atoms with E-state index in [2.05, 4.69) is 17.2 Å². The van der Waals surface area contributed by atoms with Crippen LogP contribution in [0, 0.1) is 0 Å². The van der Waals surface area contributed by atoms with Gasteiger partial charge in [0, 0.05) is 6.04 Å². The lowest BCUT2D eigenvalue weighted by molar-refractivity contribution is -0.119. The Kier molecular flexibility index (Phi) is 7.78. The van der Waals surface area contributed by atoms with Gasteiger partial charge in [-0.3, -0.25) is 19.5 Å². The highest BCUT2D eigenvalue weighted by Gasteiger charge is 2.29. The van der Waals surface area contributed by atoms with Crippen LogP contribution in [0.1, 0.15) is 39.5 Å². The lowest BCUT2D eigenvalue weighted by Gasteiger charge is -2.19. The predicted molar refractivity (Wildman–Crippen MR) is 105 cm³/mol. The third kappa shape index (κ3) is 5.75. The SMILES string of the molecule is CCCCC[C@H](C)NC(=O)CSC1=NCC(=O)N1c1ccccc1Cl. The second-order valence-corrected chi connectivity index (χ2v) is 7.38. The smallest absolute Gasteiger partial charge is 0.254 e. The standard InChI is InChI=1S/C18H24ClN3O2S/c1-3-4-5-8-13(2)21-16(23)12-25-18-20-11-17(24)22(18)15-10-7-6-9-14(15)19/h6-7,9-10,13H,3-5,8,11-12H2,1-2H3,(H,21,23)/t13-/m0/s1. The molecule has 0 bridgehead atoms. The molecule has 0 saturated carbocycles. The molecule has 25 heavy (non-hydrogen) atoms. The van der Waals surface area contributed by atoms with E-state index in [4.69, 9.17) is 11.6 Å². The molecule has 0 unspecified atom stereocenters. The summed E-state index contributed by atoms with van der Waals surface area (Å²) in [6.07, 6.45) is 4.45. The van der Waals surface area contributed by atoms with E-state index in [1.54, 1.807) is 12.1 Å². The lowest BCUT2D eigenvalue weighted by atomic mass is 10.1. The fraction of sp³-hybridized carbons (Fsp3) is 0.500. The van der Waals surface area contributed by atoms with Gasteiger partial charge in [-0.05, 0) is 25.5 Å². The zero-order valence-electron chi connectivity index (χ0n) is 14.6. The van der Waals surface area contributed by atoms with Gasteiger partial charge in [-0.1, -0.05) is 61.7 Å². The van der Waals surface area contributed by atoms with Gasteiger partial charge in [-0.25, -0.2) is 0 Å². The molecule has 0 radical (unpaired) electrons. The van der Waals surface area contributed by atoms with Gasteiger partial charge in [0.1, 0.15) is 6.54 Å². The average Bonchev–Trinajstić information content (AvgIpc) is 2.94. The number of thioether (sulfide) groups is 1. The van der Waals surface area contributed by atoms with E-state index in [0.29, 0.717) is 15.9 Å². The highest BCUT2D eigenvalue weighted by molar-refractivity contribution is 8.14. The predicted octanol–water partition coefficient (Wildman–Crippen LogP) is 3.86. The number of rotatable bonds is 8. The summed E-state index contributed by atoms with van der Waals surface area (Å²) in [5.41, 5.74) is 0.603. The Morgan fingerprint density at radius 3 is 2.88 bits per heavy atom. The quantitative estimate of drug-likeness (QED) is 0.695. The first kappa shape index (κ1) is 19.8. The largest absolute Gasteiger partial charge is 0.353 e. The van der Waals surface area contributed by atoms with Crippen molar-refractivity contribution >= 4 is 46.0 Å². The van der Waals surface area contributed by atoms with Gasteiger partial charge in [0.25, 0.3) is 5.91 Å². The Bertz CT molecular complexity index is 651. The average molecular weight is 382 g/mol. The number of benzene rings is 1. The first-order chi connectivity index (χ1) is 12.0. The Hall–Kier alpha value is -1.53. The molecule has 1 N–H and O–H groups in total. The molecular formula is C18H24ClN3O2S. The molecule has 0 aliphatic carbocycles. The third-order valence-electron chi connectivity index (χ3n) is 3.86. The summed E-state index contributed by atoms with van der Waals surface area (Å²) < 4.78 is 0. The number of halogens is 1. The molecule has 2 rings (SSSR count). The minimum absolute atomic E-state index is 0.0462. The highest BCUT2D eigenvalue weighted by atomic mass is 35.5. The van der Waals surface area contributed by atoms with Crippen LogP contribution in [0.5, 0.6) is 0 Å². The summed E-state index contributed by atoms with van der Waals surface area (Å²) in [4.78, 5) is 30.0. The summed E-state index contributed by atoms with van der Waals surface area (Å²) in [5.74, 6) is 0.0460. The second kappa shape index (κ2) is 9.82. The van der Waals surface area contributed by atoms with Crippen molar-refractivity contribution in [3.8, 4) is 0 Å². The van der Waals surface area contributed by atoms with Crippen LogP contribution in [-0.4, -0.2) is 35.3 Å². The number of aliphatic imine (C=N–C) groups is 1. The van der Waals surface area contributed by atoms with Gasteiger partial charge in [-0.2, -0.15) is 0 Å². The number of carbonyl (C=O) groups excluding carboxylic acids is 2. The lowest BCUT2D eigenvalue weighted by Crippen LogP contribution is -2.35. The van der Waals surface area contributed by atoms with Crippen LogP contribution in [0.2, 0.25) is 5.02 Å². The second-order valence-electron chi connectivity index (χ2n) is 6.03. The molecule has 1 heterocycles. The zero-order valence-corrected chi connectivity index (χ0v) is 16.2. The normalized spacial score (nSPS) is 15.2. The Morgan fingerprint density at radius 1 is 1.40 bits per heavy atom. The Morgan fingerprint density at radius 2 is 2.16 bits per heavy atom. The maximum Gasteiger partial charge on any atom is 0.254 e. The molecule has 2 amide bonds. The van der Waals surface area contributed by atoms with E-state index in [0.717, 1.165) is 12.8 Å². The van der Waals surface area contributed by atoms with Crippen LogP contribution >= 0.6 is 23.4 Å². The number of anilines is 1. The van der Waals surface area contributed by atoms with E-state index in [9.17, 15) is 9.59 Å². The highest BCUT2D eigenvalue weighted by Crippen LogP contribution is 2.30. The van der Waals surface area contributed by atoms with Crippen LogP contribution < -0.4 is 10.2 Å². The minimum atomic E-state index is -0.135. The van der Waals surface area contributed by atoms with Crippen LogP contribution in [0.3, 0.4) is 0 Å². The van der Waals surface area contributed by atoms with Gasteiger partial charge in [0.05, 0.1) is 16.5 Å². The number of nitrogens with zero attached hydrogens (tertiary/aromatic N) is 2. The van der Waals surface area contributed by atoms with Crippen LogP contribution in [0.15, 0.2) is 29.3 Å². The first-order valence-corrected chi connectivity index (χ1v) is 9.93. The van der Waals surface area contributed by atoms with Crippen molar-refractivity contribution in [2.24, 2.45) is 4.99 Å². The van der Waals surface area contributed by atoms with E-state index in [1.165, 1.54) is 29.5 Å². The van der Waals surface area contributed by atoms with Crippen LogP contribution in [0.25, 0.3) is 0 Å². The summed E-state index contributed by atoms with van der Waals surface area (Å²) in [5, 5.41) is 4.00. The van der Waals surface area contributed by atoms with Gasteiger partial charge >= 0.3 is 0 Å². The molecular weight excluding hydrogens is 358 g/mol. The molecule has 1 aliphatic rings. The van der Waals surface area contributed by atoms with Crippen molar-refractivity contribution in [3.63, 3.8) is 0 Å². The molecule has 7 heteroatoms. The zero-order chi connectivity index (χ0) is 18.2. The van der Waals surface area contributed by atoms with E-state index >= 15 is 0 Å². The van der Waals surface area contributed by atoms with Crippen molar-refractivity contribution in [2.75, 3.05) is 17.2 Å². The molecule has 0 fully saturated rings. The van der Waals surface area contributed by atoms with Crippen molar-refractivity contribution in [1.82, 2.24) is 5.32 Å². The molecule has 0 spiro atoms. The summed E-state index contributed by atoms with van der Waals surface area (Å²) in [6.45, 7) is 4.27. The van der Waals surface area contributed by atoms with Gasteiger partial charge < -0.3 is 5.32 Å². The number of para-hydroxylation sites is 1. The maximum absolute atomic E-state index is 12.1. The molecule has 1 atom stereocenters. The minimum Gasteiger partial charge on any atom is -0.353 e. The number of unbranched alkanes of at least 4 members (excludes halogenated alkanes) is 2. The van der Waals surface area contributed by atoms with Crippen LogP contribution in [-0.2, 0) is 9.59 Å².